The summed E-state index contributed by atoms with van der Waals surface area (Å²) >= 11 is 0. The fourth-order valence-electron chi connectivity index (χ4n) is 4.40. The number of carbonyl (C=O) groups is 1. The van der Waals surface area contributed by atoms with Crippen molar-refractivity contribution in [1.82, 2.24) is 4.72 Å². The third kappa shape index (κ3) is 3.61. The number of hydrogen-bond acceptors (Lipinski definition) is 4. The predicted molar refractivity (Wildman–Crippen MR) is 125 cm³/mol. The zero-order chi connectivity index (χ0) is 22.4. The molecule has 31 heavy (non-hydrogen) atoms. The van der Waals surface area contributed by atoms with E-state index in [2.05, 4.69) is 47.7 Å². The van der Waals surface area contributed by atoms with Crippen LogP contribution in [0.4, 0.5) is 5.69 Å². The van der Waals surface area contributed by atoms with Crippen LogP contribution in [-0.2, 0) is 20.2 Å². The van der Waals surface area contributed by atoms with Gasteiger partial charge in [0.2, 0.25) is 0 Å². The zero-order valence-corrected chi connectivity index (χ0v) is 19.0. The fourth-order valence-corrected chi connectivity index (χ4v) is 5.33. The van der Waals surface area contributed by atoms with Crippen molar-refractivity contribution < 1.29 is 13.2 Å². The molecule has 1 amide bonds. The lowest BCUT2D eigenvalue weighted by atomic mass is 9.81. The van der Waals surface area contributed by atoms with Crippen LogP contribution in [0.2, 0.25) is 0 Å². The van der Waals surface area contributed by atoms with Gasteiger partial charge in [0, 0.05) is 29.4 Å². The Balaban J connectivity index is 1.73. The summed E-state index contributed by atoms with van der Waals surface area (Å²) in [5.41, 5.74) is 3.46. The first-order valence-electron chi connectivity index (χ1n) is 10.3. The van der Waals surface area contributed by atoms with Gasteiger partial charge < -0.3 is 4.90 Å². The number of rotatable bonds is 4. The highest BCUT2D eigenvalue weighted by Gasteiger charge is 2.41. The molecule has 3 aromatic carbocycles. The average Bonchev–Trinajstić information content (AvgIpc) is 2.94. The summed E-state index contributed by atoms with van der Waals surface area (Å²) in [6.45, 7) is 8.71. The van der Waals surface area contributed by atoms with E-state index in [1.54, 1.807) is 12.1 Å². The molecule has 1 aliphatic heterocycles. The highest BCUT2D eigenvalue weighted by Crippen LogP contribution is 2.50. The maximum absolute atomic E-state index is 12.8. The smallest absolute Gasteiger partial charge is 0.264 e. The number of amides is 1. The molecule has 0 aromatic heterocycles. The second kappa shape index (κ2) is 7.54. The molecule has 1 heterocycles. The molecule has 0 atom stereocenters. The Labute approximate surface area is 183 Å². The van der Waals surface area contributed by atoms with Crippen LogP contribution in [0.1, 0.15) is 31.9 Å². The van der Waals surface area contributed by atoms with Gasteiger partial charge in [0.05, 0.1) is 4.90 Å². The number of hydrogen-bond donors (Lipinski definition) is 1. The zero-order valence-electron chi connectivity index (χ0n) is 18.1. The Morgan fingerprint density at radius 1 is 1.03 bits per heavy atom. The predicted octanol–water partition coefficient (Wildman–Crippen LogP) is 4.65. The lowest BCUT2D eigenvalue weighted by Crippen LogP contribution is -2.33. The molecule has 4 rings (SSSR count). The molecule has 0 radical (unpaired) electrons. The van der Waals surface area contributed by atoms with Crippen molar-refractivity contribution in [2.24, 2.45) is 0 Å². The van der Waals surface area contributed by atoms with Gasteiger partial charge in [0.25, 0.3) is 15.9 Å². The molecule has 5 nitrogen and oxygen atoms in total. The first kappa shape index (κ1) is 21.1. The Morgan fingerprint density at radius 2 is 1.71 bits per heavy atom. The summed E-state index contributed by atoms with van der Waals surface area (Å²) in [6.07, 6.45) is 1.42. The third-order valence-electron chi connectivity index (χ3n) is 5.90. The number of benzene rings is 3. The van der Waals surface area contributed by atoms with Crippen molar-refractivity contribution in [3.8, 4) is 0 Å². The van der Waals surface area contributed by atoms with E-state index in [0.717, 1.165) is 33.3 Å². The van der Waals surface area contributed by atoms with E-state index in [9.17, 15) is 13.2 Å². The van der Waals surface area contributed by atoms with Crippen LogP contribution in [0.25, 0.3) is 10.8 Å². The number of anilines is 1. The summed E-state index contributed by atoms with van der Waals surface area (Å²) < 4.78 is 27.5. The molecule has 0 aliphatic carbocycles. The van der Waals surface area contributed by atoms with E-state index in [0.29, 0.717) is 6.54 Å². The second-order valence-corrected chi connectivity index (χ2v) is 10.0. The van der Waals surface area contributed by atoms with Crippen molar-refractivity contribution in [1.29, 1.82) is 0 Å². The summed E-state index contributed by atoms with van der Waals surface area (Å²) in [4.78, 5) is 15.0. The standard InChI is InChI=1S/C25H26N2O3S/c1-5-27-21-15-12-18-8-6-7-9-20(18)24(21)25(3,4)22(27)16-23(28)26-31(29,30)19-13-10-17(2)11-14-19/h6-16H,5H2,1-4H3,(H,26,28)/b22-16-. The third-order valence-corrected chi connectivity index (χ3v) is 7.27. The van der Waals surface area contributed by atoms with Gasteiger partial charge in [-0.3, -0.25) is 4.79 Å². The van der Waals surface area contributed by atoms with Gasteiger partial charge in [-0.15, -0.1) is 0 Å². The van der Waals surface area contributed by atoms with E-state index in [1.807, 2.05) is 26.0 Å². The minimum Gasteiger partial charge on any atom is -0.344 e. The first-order chi connectivity index (χ1) is 14.6. The molecule has 1 N–H and O–H groups in total. The van der Waals surface area contributed by atoms with Crippen molar-refractivity contribution in [2.45, 2.75) is 38.0 Å². The van der Waals surface area contributed by atoms with Gasteiger partial charge >= 0.3 is 0 Å². The quantitative estimate of drug-likeness (QED) is 0.607. The van der Waals surface area contributed by atoms with Crippen LogP contribution in [0.5, 0.6) is 0 Å². The molecule has 0 spiro atoms. The molecule has 1 aliphatic rings. The van der Waals surface area contributed by atoms with Crippen LogP contribution in [0, 0.1) is 6.92 Å². The number of nitrogens with zero attached hydrogens (tertiary/aromatic N) is 1. The Hall–Kier alpha value is -3.12. The molecule has 0 fully saturated rings. The molecule has 0 unspecified atom stereocenters. The molecule has 3 aromatic rings. The van der Waals surface area contributed by atoms with E-state index < -0.39 is 21.3 Å². The van der Waals surface area contributed by atoms with Gasteiger partial charge in [-0.05, 0) is 48.4 Å². The van der Waals surface area contributed by atoms with Gasteiger partial charge in [0.1, 0.15) is 0 Å². The van der Waals surface area contributed by atoms with Gasteiger partial charge in [-0.25, -0.2) is 13.1 Å². The highest BCUT2D eigenvalue weighted by molar-refractivity contribution is 7.90. The van der Waals surface area contributed by atoms with Crippen LogP contribution >= 0.6 is 0 Å². The molecule has 6 heteroatoms. The van der Waals surface area contributed by atoms with Crippen molar-refractivity contribution in [3.05, 3.63) is 83.6 Å². The van der Waals surface area contributed by atoms with E-state index in [4.69, 9.17) is 0 Å². The van der Waals surface area contributed by atoms with E-state index in [-0.39, 0.29) is 4.90 Å². The lowest BCUT2D eigenvalue weighted by molar-refractivity contribution is -0.114. The van der Waals surface area contributed by atoms with Gasteiger partial charge in [-0.1, -0.05) is 61.9 Å². The number of sulfonamides is 1. The number of likely N-dealkylation sites (N-methyl/N-ethyl adjacent to an activating group) is 1. The van der Waals surface area contributed by atoms with Crippen LogP contribution < -0.4 is 9.62 Å². The number of allylic oxidation sites excluding steroid dienone is 1. The fraction of sp³-hybridized carbons (Fsp3) is 0.240. The van der Waals surface area contributed by atoms with Crippen LogP contribution in [0.15, 0.2) is 77.3 Å². The van der Waals surface area contributed by atoms with Crippen molar-refractivity contribution in [2.75, 3.05) is 11.4 Å². The highest BCUT2D eigenvalue weighted by atomic mass is 32.2. The molecule has 160 valence electrons. The summed E-state index contributed by atoms with van der Waals surface area (Å²) in [6, 6.07) is 18.7. The first-order valence-corrected chi connectivity index (χ1v) is 11.8. The Morgan fingerprint density at radius 3 is 2.39 bits per heavy atom. The second-order valence-electron chi connectivity index (χ2n) is 8.36. The SMILES string of the molecule is CCN1/C(=C\C(=O)NS(=O)(=O)c2ccc(C)cc2)C(C)(C)c2c1ccc1ccccc21. The van der Waals surface area contributed by atoms with E-state index in [1.165, 1.54) is 18.2 Å². The maximum atomic E-state index is 12.8. The maximum Gasteiger partial charge on any atom is 0.264 e. The molecule has 0 saturated heterocycles. The Bertz CT molecular complexity index is 1310. The average molecular weight is 435 g/mol. The molecule has 0 saturated carbocycles. The van der Waals surface area contributed by atoms with Crippen LogP contribution in [0.3, 0.4) is 0 Å². The summed E-state index contributed by atoms with van der Waals surface area (Å²) in [5.74, 6) is -0.654. The van der Waals surface area contributed by atoms with Gasteiger partial charge in [0.15, 0.2) is 0 Å². The Kier molecular flexibility index (Phi) is 5.13. The minimum absolute atomic E-state index is 0.0668. The molecular weight excluding hydrogens is 408 g/mol. The largest absolute Gasteiger partial charge is 0.344 e. The summed E-state index contributed by atoms with van der Waals surface area (Å²) in [5, 5.41) is 2.28. The van der Waals surface area contributed by atoms with E-state index >= 15 is 0 Å². The molecular formula is C25H26N2O3S. The number of fused-ring (bicyclic) bond motifs is 3. The monoisotopic (exact) mass is 434 g/mol. The number of carbonyl (C=O) groups excluding carboxylic acids is 1. The van der Waals surface area contributed by atoms with Crippen LogP contribution in [-0.4, -0.2) is 20.9 Å². The van der Waals surface area contributed by atoms with Crippen molar-refractivity contribution >= 4 is 32.4 Å². The summed E-state index contributed by atoms with van der Waals surface area (Å²) in [7, 11) is -3.94. The number of nitrogens with one attached hydrogen (secondary N) is 1. The normalized spacial score (nSPS) is 16.5. The van der Waals surface area contributed by atoms with Gasteiger partial charge in [-0.2, -0.15) is 0 Å². The lowest BCUT2D eigenvalue weighted by Gasteiger charge is -2.26. The minimum atomic E-state index is -3.94. The molecule has 0 bridgehead atoms. The van der Waals surface area contributed by atoms with Crippen molar-refractivity contribution in [3.63, 3.8) is 0 Å². The number of aryl methyl sites for hydroxylation is 1. The topological polar surface area (TPSA) is 66.5 Å².